The fraction of sp³-hybridized carbons (Fsp3) is 0.533. The number of nitrogens with two attached hydrogens (primary N) is 1. The quantitative estimate of drug-likeness (QED) is 0.940. The van der Waals surface area contributed by atoms with Crippen LogP contribution in [0.1, 0.15) is 33.2 Å². The van der Waals surface area contributed by atoms with Crippen LogP contribution in [0.15, 0.2) is 18.2 Å². The number of fused-ring (bicyclic) bond motifs is 1. The number of nitrogen functional groups attached to an aromatic ring is 1. The van der Waals surface area contributed by atoms with Gasteiger partial charge in [-0.3, -0.25) is 0 Å². The highest BCUT2D eigenvalue weighted by Gasteiger charge is 2.51. The van der Waals surface area contributed by atoms with Gasteiger partial charge in [0.1, 0.15) is 0 Å². The van der Waals surface area contributed by atoms with Crippen LogP contribution < -0.4 is 5.73 Å². The monoisotopic (exact) mass is 293 g/mol. The standard InChI is InChI=1S/C15H20ClN3O/c1-4-20-12-8-11(15(12,2)3)19-13-9(16)6-5-7-10(13)18-14(19)17/h5-7,11-12H,4,8H2,1-3H3,(H2,17,18). The second kappa shape index (κ2) is 4.64. The van der Waals surface area contributed by atoms with Gasteiger partial charge in [-0.1, -0.05) is 31.5 Å². The minimum absolute atomic E-state index is 0.0247. The number of aromatic nitrogens is 2. The van der Waals surface area contributed by atoms with Gasteiger partial charge < -0.3 is 15.0 Å². The number of para-hydroxylation sites is 1. The van der Waals surface area contributed by atoms with E-state index in [1.807, 2.05) is 25.1 Å². The second-order valence-corrected chi connectivity index (χ2v) is 6.37. The summed E-state index contributed by atoms with van der Waals surface area (Å²) in [6.45, 7) is 7.19. The Balaban J connectivity index is 2.06. The number of nitrogens with zero attached hydrogens (tertiary/aromatic N) is 2. The van der Waals surface area contributed by atoms with Crippen LogP contribution in [-0.2, 0) is 4.74 Å². The number of benzene rings is 1. The highest BCUT2D eigenvalue weighted by molar-refractivity contribution is 6.35. The Hall–Kier alpha value is -1.26. The van der Waals surface area contributed by atoms with Crippen LogP contribution in [0.2, 0.25) is 5.02 Å². The molecule has 1 aliphatic rings. The lowest BCUT2D eigenvalue weighted by Gasteiger charge is -2.52. The fourth-order valence-corrected chi connectivity index (χ4v) is 3.49. The fourth-order valence-electron chi connectivity index (χ4n) is 3.23. The topological polar surface area (TPSA) is 53.1 Å². The van der Waals surface area contributed by atoms with Crippen LogP contribution in [0.4, 0.5) is 5.95 Å². The smallest absolute Gasteiger partial charge is 0.201 e. The van der Waals surface area contributed by atoms with Crippen molar-refractivity contribution in [3.63, 3.8) is 0 Å². The van der Waals surface area contributed by atoms with E-state index in [9.17, 15) is 0 Å². The number of hydrogen-bond donors (Lipinski definition) is 1. The molecular formula is C15H20ClN3O. The SMILES string of the molecule is CCOC1CC(n2c(N)nc3cccc(Cl)c32)C1(C)C. The lowest BCUT2D eigenvalue weighted by Crippen LogP contribution is -2.51. The highest BCUT2D eigenvalue weighted by Crippen LogP contribution is 2.53. The van der Waals surface area contributed by atoms with Crippen LogP contribution in [0, 0.1) is 5.41 Å². The normalized spacial score (nSPS) is 24.8. The molecule has 2 unspecified atom stereocenters. The third kappa shape index (κ3) is 1.82. The summed E-state index contributed by atoms with van der Waals surface area (Å²) < 4.78 is 7.87. The molecule has 0 bridgehead atoms. The maximum absolute atomic E-state index is 6.34. The molecule has 1 saturated carbocycles. The van der Waals surface area contributed by atoms with Crippen LogP contribution in [-0.4, -0.2) is 22.3 Å². The summed E-state index contributed by atoms with van der Waals surface area (Å²) in [6.07, 6.45) is 1.21. The Labute approximate surface area is 123 Å². The molecule has 4 nitrogen and oxygen atoms in total. The summed E-state index contributed by atoms with van der Waals surface area (Å²) >= 11 is 6.34. The molecule has 20 heavy (non-hydrogen) atoms. The number of halogens is 1. The predicted molar refractivity (Wildman–Crippen MR) is 82.0 cm³/mol. The number of ether oxygens (including phenoxy) is 1. The molecule has 5 heteroatoms. The van der Waals surface area contributed by atoms with Crippen molar-refractivity contribution >= 4 is 28.6 Å². The average molecular weight is 294 g/mol. The Kier molecular flexibility index (Phi) is 3.18. The van der Waals surface area contributed by atoms with Crippen molar-refractivity contribution in [1.29, 1.82) is 0 Å². The second-order valence-electron chi connectivity index (χ2n) is 5.96. The van der Waals surface area contributed by atoms with Gasteiger partial charge in [0.25, 0.3) is 0 Å². The Bertz CT molecular complexity index is 650. The van der Waals surface area contributed by atoms with Crippen molar-refractivity contribution in [3.05, 3.63) is 23.2 Å². The average Bonchev–Trinajstić information content (AvgIpc) is 2.71. The zero-order chi connectivity index (χ0) is 14.5. The Morgan fingerprint density at radius 3 is 2.90 bits per heavy atom. The number of imidazole rings is 1. The zero-order valence-corrected chi connectivity index (χ0v) is 12.8. The molecule has 1 aromatic heterocycles. The van der Waals surface area contributed by atoms with Gasteiger partial charge in [-0.2, -0.15) is 0 Å². The molecule has 2 atom stereocenters. The first-order valence-electron chi connectivity index (χ1n) is 7.00. The largest absolute Gasteiger partial charge is 0.378 e. The first-order valence-corrected chi connectivity index (χ1v) is 7.38. The Morgan fingerprint density at radius 2 is 2.25 bits per heavy atom. The van der Waals surface area contributed by atoms with Gasteiger partial charge in [-0.05, 0) is 25.5 Å². The molecule has 0 aliphatic heterocycles. The van der Waals surface area contributed by atoms with E-state index >= 15 is 0 Å². The minimum Gasteiger partial charge on any atom is -0.378 e. The van der Waals surface area contributed by atoms with Gasteiger partial charge in [-0.15, -0.1) is 0 Å². The van der Waals surface area contributed by atoms with Crippen molar-refractivity contribution in [1.82, 2.24) is 9.55 Å². The number of rotatable bonds is 3. The Morgan fingerprint density at radius 1 is 1.50 bits per heavy atom. The molecule has 0 radical (unpaired) electrons. The molecule has 1 heterocycles. The molecule has 2 aromatic rings. The predicted octanol–water partition coefficient (Wildman–Crippen LogP) is 3.65. The lowest BCUT2D eigenvalue weighted by atomic mass is 9.64. The summed E-state index contributed by atoms with van der Waals surface area (Å²) in [5, 5.41) is 0.697. The minimum atomic E-state index is 0.0247. The maximum Gasteiger partial charge on any atom is 0.201 e. The highest BCUT2D eigenvalue weighted by atomic mass is 35.5. The van der Waals surface area contributed by atoms with Gasteiger partial charge in [0.2, 0.25) is 5.95 Å². The van der Waals surface area contributed by atoms with Crippen LogP contribution in [0.5, 0.6) is 0 Å². The molecule has 108 valence electrons. The van der Waals surface area contributed by atoms with E-state index in [1.165, 1.54) is 0 Å². The van der Waals surface area contributed by atoms with Crippen molar-refractivity contribution in [3.8, 4) is 0 Å². The van der Waals surface area contributed by atoms with Gasteiger partial charge in [0.05, 0.1) is 22.2 Å². The lowest BCUT2D eigenvalue weighted by molar-refractivity contribution is -0.126. The first kappa shape index (κ1) is 13.7. The van der Waals surface area contributed by atoms with Gasteiger partial charge in [-0.25, -0.2) is 4.98 Å². The van der Waals surface area contributed by atoms with Crippen molar-refractivity contribution in [2.24, 2.45) is 5.41 Å². The molecule has 3 rings (SSSR count). The van der Waals surface area contributed by atoms with E-state index in [0.717, 1.165) is 24.1 Å². The number of hydrogen-bond acceptors (Lipinski definition) is 3. The summed E-state index contributed by atoms with van der Waals surface area (Å²) in [6, 6.07) is 5.99. The molecule has 1 aromatic carbocycles. The zero-order valence-electron chi connectivity index (χ0n) is 12.1. The van der Waals surface area contributed by atoms with E-state index in [-0.39, 0.29) is 17.6 Å². The van der Waals surface area contributed by atoms with Crippen molar-refractivity contribution in [2.75, 3.05) is 12.3 Å². The summed E-state index contributed by atoms with van der Waals surface area (Å²) in [7, 11) is 0. The van der Waals surface area contributed by atoms with E-state index in [4.69, 9.17) is 22.1 Å². The van der Waals surface area contributed by atoms with Gasteiger partial charge in [0.15, 0.2) is 0 Å². The van der Waals surface area contributed by atoms with E-state index in [1.54, 1.807) is 0 Å². The van der Waals surface area contributed by atoms with E-state index in [2.05, 4.69) is 23.4 Å². The first-order chi connectivity index (χ1) is 9.46. The maximum atomic E-state index is 6.34. The number of anilines is 1. The van der Waals surface area contributed by atoms with E-state index < -0.39 is 0 Å². The molecule has 2 N–H and O–H groups in total. The summed E-state index contributed by atoms with van der Waals surface area (Å²) in [5.41, 5.74) is 7.93. The molecular weight excluding hydrogens is 274 g/mol. The van der Waals surface area contributed by atoms with Gasteiger partial charge in [0, 0.05) is 18.1 Å². The molecule has 1 fully saturated rings. The van der Waals surface area contributed by atoms with Crippen molar-refractivity contribution in [2.45, 2.75) is 39.3 Å². The third-order valence-corrected chi connectivity index (χ3v) is 4.80. The van der Waals surface area contributed by atoms with Crippen LogP contribution in [0.3, 0.4) is 0 Å². The summed E-state index contributed by atoms with van der Waals surface area (Å²) in [4.78, 5) is 4.43. The van der Waals surface area contributed by atoms with E-state index in [0.29, 0.717) is 11.0 Å². The molecule has 1 aliphatic carbocycles. The van der Waals surface area contributed by atoms with Crippen LogP contribution >= 0.6 is 11.6 Å². The molecule has 0 amide bonds. The molecule has 0 saturated heterocycles. The summed E-state index contributed by atoms with van der Waals surface area (Å²) in [5.74, 6) is 0.529. The molecule has 0 spiro atoms. The van der Waals surface area contributed by atoms with Crippen molar-refractivity contribution < 1.29 is 4.74 Å². The third-order valence-electron chi connectivity index (χ3n) is 4.49. The van der Waals surface area contributed by atoms with Gasteiger partial charge >= 0.3 is 0 Å². The van der Waals surface area contributed by atoms with Crippen LogP contribution in [0.25, 0.3) is 11.0 Å².